The van der Waals surface area contributed by atoms with E-state index < -0.39 is 6.10 Å². The van der Waals surface area contributed by atoms with E-state index in [2.05, 4.69) is 10.6 Å². The molecule has 74 valence electrons. The Kier molecular flexibility index (Phi) is 8.74. The van der Waals surface area contributed by atoms with Gasteiger partial charge in [-0.1, -0.05) is 0 Å². The summed E-state index contributed by atoms with van der Waals surface area (Å²) in [6.07, 6.45) is -0.653. The first-order chi connectivity index (χ1) is 5.81. The highest BCUT2D eigenvalue weighted by Gasteiger charge is 1.98. The van der Waals surface area contributed by atoms with Crippen LogP contribution in [-0.4, -0.2) is 55.6 Å². The van der Waals surface area contributed by atoms with E-state index >= 15 is 0 Å². The summed E-state index contributed by atoms with van der Waals surface area (Å²) >= 11 is 0. The van der Waals surface area contributed by atoms with Crippen molar-refractivity contribution in [2.45, 2.75) is 6.10 Å². The summed E-state index contributed by atoms with van der Waals surface area (Å²) in [6.45, 7) is 3.29. The molecule has 5 heteroatoms. The highest BCUT2D eigenvalue weighted by atomic mass is 16.3. The minimum absolute atomic E-state index is 0.191. The van der Waals surface area contributed by atoms with Gasteiger partial charge in [-0.05, 0) is 0 Å². The fourth-order valence-corrected chi connectivity index (χ4v) is 0.737. The van der Waals surface area contributed by atoms with E-state index in [-0.39, 0.29) is 6.61 Å². The van der Waals surface area contributed by atoms with Crippen LogP contribution in [0.5, 0.6) is 0 Å². The molecule has 0 spiro atoms. The molecule has 0 saturated carbocycles. The van der Waals surface area contributed by atoms with Crippen LogP contribution in [0.2, 0.25) is 0 Å². The molecular formula is C7H19N3O2. The summed E-state index contributed by atoms with van der Waals surface area (Å²) in [5.74, 6) is 0. The van der Waals surface area contributed by atoms with Gasteiger partial charge in [-0.3, -0.25) is 0 Å². The highest BCUT2D eigenvalue weighted by Crippen LogP contribution is 1.74. The number of nitrogens with two attached hydrogens (primary N) is 1. The average Bonchev–Trinajstić information content (AvgIpc) is 2.10. The van der Waals surface area contributed by atoms with Crippen LogP contribution in [0.3, 0.4) is 0 Å². The third kappa shape index (κ3) is 7.90. The summed E-state index contributed by atoms with van der Waals surface area (Å²) in [5, 5.41) is 23.4. The molecule has 0 aromatic carbocycles. The Morgan fingerprint density at radius 2 is 1.83 bits per heavy atom. The van der Waals surface area contributed by atoms with Gasteiger partial charge >= 0.3 is 0 Å². The van der Waals surface area contributed by atoms with Crippen LogP contribution in [0.25, 0.3) is 0 Å². The Labute approximate surface area is 73.0 Å². The van der Waals surface area contributed by atoms with E-state index in [9.17, 15) is 0 Å². The van der Waals surface area contributed by atoms with Crippen molar-refractivity contribution in [3.8, 4) is 0 Å². The van der Waals surface area contributed by atoms with Gasteiger partial charge in [0.25, 0.3) is 0 Å². The normalized spacial score (nSPS) is 13.2. The first-order valence-electron chi connectivity index (χ1n) is 4.21. The largest absolute Gasteiger partial charge is 0.394 e. The maximum Gasteiger partial charge on any atom is 0.0894 e. The van der Waals surface area contributed by atoms with Gasteiger partial charge in [-0.25, -0.2) is 0 Å². The summed E-state index contributed by atoms with van der Waals surface area (Å²) in [6, 6.07) is 0. The van der Waals surface area contributed by atoms with Gasteiger partial charge in [0.05, 0.1) is 12.7 Å². The minimum Gasteiger partial charge on any atom is -0.394 e. The molecule has 0 amide bonds. The lowest BCUT2D eigenvalue weighted by molar-refractivity contribution is 0.0947. The summed E-state index contributed by atoms with van der Waals surface area (Å²) in [4.78, 5) is 0. The lowest BCUT2D eigenvalue weighted by Crippen LogP contribution is -2.35. The molecule has 0 aliphatic rings. The van der Waals surface area contributed by atoms with Gasteiger partial charge in [0.2, 0.25) is 0 Å². The molecule has 0 heterocycles. The van der Waals surface area contributed by atoms with Crippen LogP contribution in [-0.2, 0) is 0 Å². The van der Waals surface area contributed by atoms with Crippen LogP contribution in [0.15, 0.2) is 0 Å². The minimum atomic E-state index is -0.653. The van der Waals surface area contributed by atoms with Crippen molar-refractivity contribution < 1.29 is 10.2 Å². The van der Waals surface area contributed by atoms with Gasteiger partial charge in [0, 0.05) is 32.7 Å². The van der Waals surface area contributed by atoms with Crippen LogP contribution in [0, 0.1) is 0 Å². The van der Waals surface area contributed by atoms with Crippen molar-refractivity contribution in [3.05, 3.63) is 0 Å². The van der Waals surface area contributed by atoms with Crippen molar-refractivity contribution >= 4 is 0 Å². The number of aliphatic hydroxyl groups excluding tert-OH is 2. The van der Waals surface area contributed by atoms with Crippen LogP contribution < -0.4 is 16.4 Å². The second kappa shape index (κ2) is 8.89. The molecule has 0 aliphatic carbocycles. The SMILES string of the molecule is NCCNCCNCC(O)CO. The lowest BCUT2D eigenvalue weighted by atomic mass is 10.4. The van der Waals surface area contributed by atoms with Crippen LogP contribution in [0.1, 0.15) is 0 Å². The number of hydrogen-bond donors (Lipinski definition) is 5. The Hall–Kier alpha value is -0.200. The molecule has 0 aliphatic heterocycles. The molecule has 0 radical (unpaired) electrons. The zero-order valence-corrected chi connectivity index (χ0v) is 7.29. The van der Waals surface area contributed by atoms with Crippen LogP contribution in [0.4, 0.5) is 0 Å². The molecule has 0 aromatic heterocycles. The van der Waals surface area contributed by atoms with Gasteiger partial charge in [0.1, 0.15) is 0 Å². The second-order valence-corrected chi connectivity index (χ2v) is 2.58. The molecule has 1 atom stereocenters. The van der Waals surface area contributed by atoms with Crippen molar-refractivity contribution in [3.63, 3.8) is 0 Å². The van der Waals surface area contributed by atoms with Crippen molar-refractivity contribution in [1.82, 2.24) is 10.6 Å². The maximum atomic E-state index is 8.91. The zero-order valence-electron chi connectivity index (χ0n) is 7.29. The second-order valence-electron chi connectivity index (χ2n) is 2.58. The average molecular weight is 177 g/mol. The highest BCUT2D eigenvalue weighted by molar-refractivity contribution is 4.58. The van der Waals surface area contributed by atoms with Crippen molar-refractivity contribution in [1.29, 1.82) is 0 Å². The molecule has 6 N–H and O–H groups in total. The Morgan fingerprint density at radius 1 is 1.17 bits per heavy atom. The Morgan fingerprint density at radius 3 is 2.42 bits per heavy atom. The number of rotatable bonds is 8. The summed E-state index contributed by atoms with van der Waals surface area (Å²) in [5.41, 5.74) is 5.26. The zero-order chi connectivity index (χ0) is 9.23. The summed E-state index contributed by atoms with van der Waals surface area (Å²) < 4.78 is 0. The summed E-state index contributed by atoms with van der Waals surface area (Å²) in [7, 11) is 0. The van der Waals surface area contributed by atoms with E-state index in [1.54, 1.807) is 0 Å². The molecule has 0 bridgehead atoms. The van der Waals surface area contributed by atoms with E-state index in [1.807, 2.05) is 0 Å². The monoisotopic (exact) mass is 177 g/mol. The predicted molar refractivity (Wildman–Crippen MR) is 47.9 cm³/mol. The fourth-order valence-electron chi connectivity index (χ4n) is 0.737. The third-order valence-electron chi connectivity index (χ3n) is 1.39. The molecule has 0 fully saturated rings. The lowest BCUT2D eigenvalue weighted by Gasteiger charge is -2.08. The van der Waals surface area contributed by atoms with E-state index in [1.165, 1.54) is 0 Å². The fraction of sp³-hybridized carbons (Fsp3) is 1.00. The number of hydrogen-bond acceptors (Lipinski definition) is 5. The molecular weight excluding hydrogens is 158 g/mol. The topological polar surface area (TPSA) is 90.5 Å². The molecule has 0 aromatic rings. The third-order valence-corrected chi connectivity index (χ3v) is 1.39. The van der Waals surface area contributed by atoms with Gasteiger partial charge in [-0.15, -0.1) is 0 Å². The van der Waals surface area contributed by atoms with E-state index in [0.717, 1.165) is 19.6 Å². The van der Waals surface area contributed by atoms with E-state index in [0.29, 0.717) is 13.1 Å². The Bertz CT molecular complexity index is 92.7. The maximum absolute atomic E-state index is 8.91. The number of nitrogens with one attached hydrogen (secondary N) is 2. The van der Waals surface area contributed by atoms with Crippen molar-refractivity contribution in [2.75, 3.05) is 39.3 Å². The molecule has 5 nitrogen and oxygen atoms in total. The van der Waals surface area contributed by atoms with Gasteiger partial charge < -0.3 is 26.6 Å². The standard InChI is InChI=1S/C7H19N3O2/c8-1-2-9-3-4-10-5-7(12)6-11/h7,9-12H,1-6,8H2. The first-order valence-corrected chi connectivity index (χ1v) is 4.21. The quantitative estimate of drug-likeness (QED) is 0.264. The molecule has 0 saturated heterocycles. The Balaban J connectivity index is 2.90. The van der Waals surface area contributed by atoms with Crippen LogP contribution >= 0.6 is 0 Å². The van der Waals surface area contributed by atoms with Crippen molar-refractivity contribution in [2.24, 2.45) is 5.73 Å². The number of aliphatic hydroxyl groups is 2. The molecule has 1 unspecified atom stereocenters. The van der Waals surface area contributed by atoms with Gasteiger partial charge in [0.15, 0.2) is 0 Å². The first kappa shape index (κ1) is 11.8. The van der Waals surface area contributed by atoms with E-state index in [4.69, 9.17) is 15.9 Å². The molecule has 0 rings (SSSR count). The smallest absolute Gasteiger partial charge is 0.0894 e. The van der Waals surface area contributed by atoms with Gasteiger partial charge in [-0.2, -0.15) is 0 Å². The molecule has 12 heavy (non-hydrogen) atoms. The predicted octanol–water partition coefficient (Wildman–Crippen LogP) is -2.52.